The molecule has 0 aromatic carbocycles. The number of halogens is 1. The normalized spacial score (nSPS) is 24.5. The predicted molar refractivity (Wildman–Crippen MR) is 52.5 cm³/mol. The van der Waals surface area contributed by atoms with Crippen LogP contribution in [-0.4, -0.2) is 26.5 Å². The average molecular weight is 227 g/mol. The molecule has 0 saturated carbocycles. The molecular formula is C7H15ClN2O2S. The van der Waals surface area contributed by atoms with Crippen molar-refractivity contribution in [1.29, 1.82) is 0 Å². The van der Waals surface area contributed by atoms with Crippen LogP contribution in [0.5, 0.6) is 0 Å². The minimum atomic E-state index is -3.63. The summed E-state index contributed by atoms with van der Waals surface area (Å²) in [5.41, 5.74) is 0.160. The van der Waals surface area contributed by atoms with Crippen LogP contribution in [0.15, 0.2) is 0 Å². The molecule has 1 saturated heterocycles. The molecule has 0 radical (unpaired) electrons. The Hall–Kier alpha value is 0.160. The molecule has 0 aromatic heterocycles. The van der Waals surface area contributed by atoms with Crippen molar-refractivity contribution in [3.8, 4) is 0 Å². The van der Waals surface area contributed by atoms with Crippen LogP contribution in [-0.2, 0) is 9.24 Å². The smallest absolute Gasteiger partial charge is 0.229 e. The van der Waals surface area contributed by atoms with Crippen molar-refractivity contribution in [1.82, 2.24) is 9.84 Å². The summed E-state index contributed by atoms with van der Waals surface area (Å²) < 4.78 is 21.4. The highest BCUT2D eigenvalue weighted by Crippen LogP contribution is 2.27. The fourth-order valence-electron chi connectivity index (χ4n) is 1.66. The molecule has 6 heteroatoms. The lowest BCUT2D eigenvalue weighted by Crippen LogP contribution is -2.48. The third-order valence-corrected chi connectivity index (χ3v) is 2.82. The molecule has 0 spiro atoms. The maximum Gasteiger partial charge on any atom is 0.310 e. The first-order valence-electron chi connectivity index (χ1n) is 4.25. The molecule has 1 aliphatic rings. The topological polar surface area (TPSA) is 49.4 Å². The summed E-state index contributed by atoms with van der Waals surface area (Å²) in [4.78, 5) is 2.28. The van der Waals surface area contributed by atoms with Gasteiger partial charge in [-0.25, -0.2) is 5.01 Å². The number of nitrogens with zero attached hydrogens (tertiary/aromatic N) is 1. The molecule has 4 nitrogen and oxygen atoms in total. The van der Waals surface area contributed by atoms with E-state index in [2.05, 4.69) is 18.7 Å². The number of rotatable bonds is 2. The second-order valence-electron chi connectivity index (χ2n) is 4.22. The molecule has 1 heterocycles. The predicted octanol–water partition coefficient (Wildman–Crippen LogP) is 1.10. The van der Waals surface area contributed by atoms with E-state index >= 15 is 0 Å². The van der Waals surface area contributed by atoms with E-state index in [1.54, 1.807) is 5.01 Å². The van der Waals surface area contributed by atoms with Crippen molar-refractivity contribution >= 4 is 19.9 Å². The van der Waals surface area contributed by atoms with Gasteiger partial charge in [0.2, 0.25) is 0 Å². The van der Waals surface area contributed by atoms with Gasteiger partial charge in [0.05, 0.1) is 0 Å². The number of hydrogen-bond donors (Lipinski definition) is 1. The number of hydrazine groups is 1. The van der Waals surface area contributed by atoms with Gasteiger partial charge in [0.1, 0.15) is 0 Å². The summed E-state index contributed by atoms with van der Waals surface area (Å²) >= 11 is 0. The fraction of sp³-hybridized carbons (Fsp3) is 1.00. The molecule has 1 fully saturated rings. The minimum Gasteiger partial charge on any atom is -0.229 e. The summed E-state index contributed by atoms with van der Waals surface area (Å²) in [7, 11) is 1.45. The Morgan fingerprint density at radius 2 is 2.08 bits per heavy atom. The lowest BCUT2D eigenvalue weighted by atomic mass is 9.85. The Balaban J connectivity index is 2.53. The monoisotopic (exact) mass is 226 g/mol. The molecule has 0 aromatic rings. The van der Waals surface area contributed by atoms with Crippen LogP contribution in [0.4, 0.5) is 0 Å². The zero-order chi connectivity index (χ0) is 10.1. The summed E-state index contributed by atoms with van der Waals surface area (Å²) in [5.74, 6) is 0. The van der Waals surface area contributed by atoms with Crippen molar-refractivity contribution in [2.75, 3.05) is 13.1 Å². The summed E-state index contributed by atoms with van der Waals surface area (Å²) in [5, 5.41) is 1.66. The Bertz CT molecular complexity index is 276. The van der Waals surface area contributed by atoms with Crippen LogP contribution in [0.3, 0.4) is 0 Å². The van der Waals surface area contributed by atoms with Gasteiger partial charge in [0.25, 0.3) is 0 Å². The molecule has 13 heavy (non-hydrogen) atoms. The zero-order valence-electron chi connectivity index (χ0n) is 7.88. The third kappa shape index (κ3) is 4.26. The maximum atomic E-state index is 10.7. The molecule has 78 valence electrons. The quantitative estimate of drug-likeness (QED) is 0.718. The molecule has 0 atom stereocenters. The van der Waals surface area contributed by atoms with E-state index in [-0.39, 0.29) is 5.41 Å². The molecule has 1 rings (SSSR count). The van der Waals surface area contributed by atoms with Crippen LogP contribution in [0.2, 0.25) is 0 Å². The van der Waals surface area contributed by atoms with Crippen molar-refractivity contribution < 1.29 is 8.42 Å². The van der Waals surface area contributed by atoms with Gasteiger partial charge in [-0.2, -0.15) is 8.42 Å². The molecule has 0 unspecified atom stereocenters. The fourth-order valence-corrected chi connectivity index (χ4v) is 2.41. The highest BCUT2D eigenvalue weighted by molar-refractivity contribution is 8.12. The Morgan fingerprint density at radius 3 is 2.54 bits per heavy atom. The largest absolute Gasteiger partial charge is 0.310 e. The van der Waals surface area contributed by atoms with Crippen LogP contribution in [0.25, 0.3) is 0 Å². The highest BCUT2D eigenvalue weighted by atomic mass is 35.7. The van der Waals surface area contributed by atoms with E-state index in [9.17, 15) is 8.42 Å². The van der Waals surface area contributed by atoms with Gasteiger partial charge >= 0.3 is 9.24 Å². The highest BCUT2D eigenvalue weighted by Gasteiger charge is 2.27. The Labute approximate surface area is 83.8 Å². The van der Waals surface area contributed by atoms with E-state index in [0.29, 0.717) is 6.54 Å². The van der Waals surface area contributed by atoms with Crippen LogP contribution in [0.1, 0.15) is 26.7 Å². The van der Waals surface area contributed by atoms with Gasteiger partial charge in [-0.15, -0.1) is 4.83 Å². The van der Waals surface area contributed by atoms with Crippen LogP contribution < -0.4 is 4.83 Å². The molecule has 1 N–H and O–H groups in total. The van der Waals surface area contributed by atoms with Gasteiger partial charge in [-0.1, -0.05) is 13.8 Å². The number of hydrogen-bond acceptors (Lipinski definition) is 3. The molecule has 0 amide bonds. The van der Waals surface area contributed by atoms with E-state index in [0.717, 1.165) is 19.4 Å². The Morgan fingerprint density at radius 1 is 1.46 bits per heavy atom. The molecule has 0 bridgehead atoms. The maximum absolute atomic E-state index is 10.7. The molecule has 1 aliphatic heterocycles. The van der Waals surface area contributed by atoms with Gasteiger partial charge in [0.15, 0.2) is 0 Å². The Kier molecular flexibility index (Phi) is 3.22. The van der Waals surface area contributed by atoms with E-state index in [1.807, 2.05) is 0 Å². The summed E-state index contributed by atoms with van der Waals surface area (Å²) in [6.07, 6.45) is 2.11. The molecule has 0 aliphatic carbocycles. The first-order chi connectivity index (χ1) is 5.79. The summed E-state index contributed by atoms with van der Waals surface area (Å²) in [6.45, 7) is 5.66. The zero-order valence-corrected chi connectivity index (χ0v) is 9.45. The number of nitrogens with one attached hydrogen (secondary N) is 1. The van der Waals surface area contributed by atoms with Crippen molar-refractivity contribution in [2.45, 2.75) is 26.7 Å². The first-order valence-corrected chi connectivity index (χ1v) is 6.56. The third-order valence-electron chi connectivity index (χ3n) is 2.14. The van der Waals surface area contributed by atoms with Crippen molar-refractivity contribution in [2.24, 2.45) is 5.41 Å². The lowest BCUT2D eigenvalue weighted by molar-refractivity contribution is 0.0997. The van der Waals surface area contributed by atoms with Gasteiger partial charge in [-0.3, -0.25) is 0 Å². The first kappa shape index (κ1) is 11.2. The lowest BCUT2D eigenvalue weighted by Gasteiger charge is -2.37. The van der Waals surface area contributed by atoms with Crippen molar-refractivity contribution in [3.63, 3.8) is 0 Å². The van der Waals surface area contributed by atoms with E-state index in [1.165, 1.54) is 0 Å². The molecular weight excluding hydrogens is 212 g/mol. The van der Waals surface area contributed by atoms with Crippen LogP contribution in [0, 0.1) is 5.41 Å². The average Bonchev–Trinajstić information content (AvgIpc) is 1.79. The standard InChI is InChI=1S/C7H15ClN2O2S/c1-7(2)4-3-5-10(6-7)9-13(8,11)12/h9H,3-6H2,1-2H3. The second-order valence-corrected chi connectivity index (χ2v) is 6.50. The van der Waals surface area contributed by atoms with E-state index in [4.69, 9.17) is 10.7 Å². The van der Waals surface area contributed by atoms with Crippen molar-refractivity contribution in [3.05, 3.63) is 0 Å². The van der Waals surface area contributed by atoms with E-state index < -0.39 is 9.24 Å². The van der Waals surface area contributed by atoms with Crippen LogP contribution >= 0.6 is 10.7 Å². The second kappa shape index (κ2) is 3.73. The summed E-state index contributed by atoms with van der Waals surface area (Å²) in [6, 6.07) is 0. The number of piperidine rings is 1. The van der Waals surface area contributed by atoms with Gasteiger partial charge in [-0.05, 0) is 18.3 Å². The SMILES string of the molecule is CC1(C)CCCN(NS(=O)(=O)Cl)C1. The minimum absolute atomic E-state index is 0.160. The van der Waals surface area contributed by atoms with Gasteiger partial charge in [0, 0.05) is 23.8 Å². The van der Waals surface area contributed by atoms with Gasteiger partial charge < -0.3 is 0 Å².